The fourth-order valence-corrected chi connectivity index (χ4v) is 1.05. The van der Waals surface area contributed by atoms with Crippen LogP contribution in [0.25, 0.3) is 0 Å². The Labute approximate surface area is 85.7 Å². The lowest BCUT2D eigenvalue weighted by atomic mass is 10.1. The molecule has 0 heterocycles. The van der Waals surface area contributed by atoms with E-state index in [0.29, 0.717) is 6.42 Å². The van der Waals surface area contributed by atoms with Crippen LogP contribution in [0.2, 0.25) is 0 Å². The monoisotopic (exact) mass is 211 g/mol. The molecule has 0 saturated heterocycles. The van der Waals surface area contributed by atoms with E-state index in [-0.39, 0.29) is 12.4 Å². The van der Waals surface area contributed by atoms with Crippen molar-refractivity contribution in [2.45, 2.75) is 6.42 Å². The van der Waals surface area contributed by atoms with Gasteiger partial charge in [0.05, 0.1) is 0 Å². The summed E-state index contributed by atoms with van der Waals surface area (Å²) in [5.74, 6) is -2.86. The molecule has 5 heteroatoms. The summed E-state index contributed by atoms with van der Waals surface area (Å²) < 4.78 is 12.5. The second kappa shape index (κ2) is 5.09. The molecule has 0 saturated carbocycles. The summed E-state index contributed by atoms with van der Waals surface area (Å²) in [4.78, 5) is 20.7. The smallest absolute Gasteiger partial charge is 0.394 e. The fraction of sp³-hybridized carbons (Fsp3) is 0.200. The van der Waals surface area contributed by atoms with Crippen LogP contribution in [0.5, 0.6) is 0 Å². The van der Waals surface area contributed by atoms with Gasteiger partial charge >= 0.3 is 11.9 Å². The summed E-state index contributed by atoms with van der Waals surface area (Å²) in [6, 6.07) is 5.80. The van der Waals surface area contributed by atoms with Gasteiger partial charge < -0.3 is 10.4 Å². The number of rotatable bonds is 3. The van der Waals surface area contributed by atoms with E-state index >= 15 is 0 Å². The third-order valence-electron chi connectivity index (χ3n) is 1.81. The first kappa shape index (κ1) is 11.2. The highest BCUT2D eigenvalue weighted by molar-refractivity contribution is 6.31. The molecule has 0 radical (unpaired) electrons. The van der Waals surface area contributed by atoms with Gasteiger partial charge in [0, 0.05) is 6.54 Å². The van der Waals surface area contributed by atoms with E-state index < -0.39 is 11.9 Å². The molecule has 0 aliphatic rings. The van der Waals surface area contributed by atoms with Gasteiger partial charge in [0.2, 0.25) is 0 Å². The van der Waals surface area contributed by atoms with Gasteiger partial charge in [0.1, 0.15) is 5.82 Å². The first-order valence-corrected chi connectivity index (χ1v) is 4.35. The van der Waals surface area contributed by atoms with Crippen LogP contribution in [0, 0.1) is 5.82 Å². The Hall–Kier alpha value is -1.91. The zero-order valence-corrected chi connectivity index (χ0v) is 7.87. The first-order chi connectivity index (χ1) is 7.09. The predicted octanol–water partition coefficient (Wildman–Crippen LogP) is 0.569. The summed E-state index contributed by atoms with van der Waals surface area (Å²) in [5.41, 5.74) is 0.835. The fourth-order valence-electron chi connectivity index (χ4n) is 1.05. The molecule has 15 heavy (non-hydrogen) atoms. The normalized spacial score (nSPS) is 9.67. The number of benzene rings is 1. The van der Waals surface area contributed by atoms with Crippen LogP contribution in [0.3, 0.4) is 0 Å². The lowest BCUT2D eigenvalue weighted by Crippen LogP contribution is -2.32. The molecule has 0 aliphatic heterocycles. The van der Waals surface area contributed by atoms with E-state index in [4.69, 9.17) is 5.11 Å². The van der Waals surface area contributed by atoms with Crippen molar-refractivity contribution >= 4 is 11.9 Å². The zero-order chi connectivity index (χ0) is 11.3. The van der Waals surface area contributed by atoms with Gasteiger partial charge in [-0.1, -0.05) is 12.1 Å². The summed E-state index contributed by atoms with van der Waals surface area (Å²) >= 11 is 0. The Kier molecular flexibility index (Phi) is 3.79. The Morgan fingerprint density at radius 2 is 1.87 bits per heavy atom. The second-order valence-corrected chi connectivity index (χ2v) is 2.94. The van der Waals surface area contributed by atoms with Gasteiger partial charge in [-0.25, -0.2) is 9.18 Å². The van der Waals surface area contributed by atoms with Crippen molar-refractivity contribution < 1.29 is 19.1 Å². The largest absolute Gasteiger partial charge is 0.474 e. The Morgan fingerprint density at radius 1 is 1.27 bits per heavy atom. The predicted molar refractivity (Wildman–Crippen MR) is 50.7 cm³/mol. The molecule has 0 unspecified atom stereocenters. The average Bonchev–Trinajstić information content (AvgIpc) is 2.20. The van der Waals surface area contributed by atoms with Gasteiger partial charge in [-0.05, 0) is 24.1 Å². The SMILES string of the molecule is O=C(O)C(=O)NCCc1ccc(F)cc1. The minimum Gasteiger partial charge on any atom is -0.474 e. The summed E-state index contributed by atoms with van der Waals surface area (Å²) in [6.07, 6.45) is 0.472. The maximum atomic E-state index is 12.5. The number of amides is 1. The molecule has 2 N–H and O–H groups in total. The summed E-state index contributed by atoms with van der Waals surface area (Å²) in [7, 11) is 0. The minimum atomic E-state index is -1.51. The molecule has 80 valence electrons. The molecule has 1 rings (SSSR count). The molecule has 1 aromatic carbocycles. The quantitative estimate of drug-likeness (QED) is 0.718. The maximum Gasteiger partial charge on any atom is 0.394 e. The van der Waals surface area contributed by atoms with Crippen LogP contribution >= 0.6 is 0 Å². The van der Waals surface area contributed by atoms with E-state index in [9.17, 15) is 14.0 Å². The number of carbonyl (C=O) groups is 2. The number of aliphatic carboxylic acids is 1. The van der Waals surface area contributed by atoms with Gasteiger partial charge in [-0.3, -0.25) is 4.79 Å². The molecule has 0 fully saturated rings. The van der Waals surface area contributed by atoms with Crippen molar-refractivity contribution in [2.75, 3.05) is 6.54 Å². The van der Waals surface area contributed by atoms with Gasteiger partial charge in [0.15, 0.2) is 0 Å². The van der Waals surface area contributed by atoms with Crippen LogP contribution in [0.15, 0.2) is 24.3 Å². The molecule has 0 spiro atoms. The van der Waals surface area contributed by atoms with E-state index in [2.05, 4.69) is 5.32 Å². The van der Waals surface area contributed by atoms with Crippen LogP contribution in [0.4, 0.5) is 4.39 Å². The Balaban J connectivity index is 2.35. The molecule has 1 amide bonds. The van der Waals surface area contributed by atoms with Crippen molar-refractivity contribution in [1.29, 1.82) is 0 Å². The molecule has 0 aromatic heterocycles. The zero-order valence-electron chi connectivity index (χ0n) is 7.87. The molecule has 4 nitrogen and oxygen atoms in total. The average molecular weight is 211 g/mol. The number of carboxylic acid groups (broad SMARTS) is 1. The topological polar surface area (TPSA) is 66.4 Å². The third kappa shape index (κ3) is 3.76. The Morgan fingerprint density at radius 3 is 2.40 bits per heavy atom. The Bertz CT molecular complexity index is 361. The minimum absolute atomic E-state index is 0.219. The summed E-state index contributed by atoms with van der Waals surface area (Å²) in [6.45, 7) is 0.219. The number of hydrogen-bond acceptors (Lipinski definition) is 2. The molecule has 1 aromatic rings. The first-order valence-electron chi connectivity index (χ1n) is 4.35. The lowest BCUT2D eigenvalue weighted by molar-refractivity contribution is -0.150. The number of carboxylic acids is 1. The van der Waals surface area contributed by atoms with Gasteiger partial charge in [-0.15, -0.1) is 0 Å². The summed E-state index contributed by atoms with van der Waals surface area (Å²) in [5, 5.41) is 10.5. The molecular formula is C10H10FNO3. The molecular weight excluding hydrogens is 201 g/mol. The standard InChI is InChI=1S/C10H10FNO3/c11-8-3-1-7(2-4-8)5-6-12-9(13)10(14)15/h1-4H,5-6H2,(H,12,13)(H,14,15). The van der Waals surface area contributed by atoms with Crippen LogP contribution in [-0.2, 0) is 16.0 Å². The van der Waals surface area contributed by atoms with E-state index in [1.807, 2.05) is 0 Å². The second-order valence-electron chi connectivity index (χ2n) is 2.94. The third-order valence-corrected chi connectivity index (χ3v) is 1.81. The molecule has 0 atom stereocenters. The highest BCUT2D eigenvalue weighted by Crippen LogP contribution is 2.02. The number of nitrogens with one attached hydrogen (secondary N) is 1. The van der Waals surface area contributed by atoms with E-state index in [1.54, 1.807) is 12.1 Å². The van der Waals surface area contributed by atoms with Crippen molar-refractivity contribution in [2.24, 2.45) is 0 Å². The van der Waals surface area contributed by atoms with E-state index in [1.165, 1.54) is 12.1 Å². The van der Waals surface area contributed by atoms with Crippen LogP contribution < -0.4 is 5.32 Å². The number of carbonyl (C=O) groups excluding carboxylic acids is 1. The van der Waals surface area contributed by atoms with Gasteiger partial charge in [-0.2, -0.15) is 0 Å². The van der Waals surface area contributed by atoms with Crippen LogP contribution in [0.1, 0.15) is 5.56 Å². The van der Waals surface area contributed by atoms with E-state index in [0.717, 1.165) is 5.56 Å². The van der Waals surface area contributed by atoms with Gasteiger partial charge in [0.25, 0.3) is 0 Å². The highest BCUT2D eigenvalue weighted by atomic mass is 19.1. The van der Waals surface area contributed by atoms with Crippen molar-refractivity contribution in [3.05, 3.63) is 35.6 Å². The lowest BCUT2D eigenvalue weighted by Gasteiger charge is -2.02. The highest BCUT2D eigenvalue weighted by Gasteiger charge is 2.08. The maximum absolute atomic E-state index is 12.5. The van der Waals surface area contributed by atoms with Crippen molar-refractivity contribution in [3.63, 3.8) is 0 Å². The molecule has 0 aliphatic carbocycles. The van der Waals surface area contributed by atoms with Crippen molar-refractivity contribution in [1.82, 2.24) is 5.32 Å². The number of hydrogen-bond donors (Lipinski definition) is 2. The van der Waals surface area contributed by atoms with Crippen LogP contribution in [-0.4, -0.2) is 23.5 Å². The van der Waals surface area contributed by atoms with Crippen molar-refractivity contribution in [3.8, 4) is 0 Å². The number of halogens is 1. The molecule has 0 bridgehead atoms.